The maximum Gasteiger partial charge on any atom is 0.419 e. The second-order valence-electron chi connectivity index (χ2n) is 5.74. The van der Waals surface area contributed by atoms with Gasteiger partial charge in [-0.25, -0.2) is 14.1 Å². The van der Waals surface area contributed by atoms with Crippen molar-refractivity contribution in [2.45, 2.75) is 26.4 Å². The topological polar surface area (TPSA) is 29.5 Å². The Morgan fingerprint density at radius 3 is 2.23 bits per heavy atom. The van der Waals surface area contributed by atoms with Gasteiger partial charge in [0.1, 0.15) is 11.4 Å². The van der Waals surface area contributed by atoms with Crippen LogP contribution in [-0.4, -0.2) is 11.7 Å². The number of carbonyl (C=O) groups is 1. The average Bonchev–Trinajstić information content (AvgIpc) is 2.41. The summed E-state index contributed by atoms with van der Waals surface area (Å²) >= 11 is 2.16. The third-order valence-electron chi connectivity index (χ3n) is 2.75. The molecule has 0 saturated heterocycles. The van der Waals surface area contributed by atoms with E-state index < -0.39 is 11.7 Å². The van der Waals surface area contributed by atoms with Crippen LogP contribution in [0.3, 0.4) is 0 Å². The fraction of sp³-hybridized carbons (Fsp3) is 0.235. The average molecular weight is 413 g/mol. The molecule has 0 spiro atoms. The van der Waals surface area contributed by atoms with Gasteiger partial charge in [-0.15, -0.1) is 0 Å². The highest BCUT2D eigenvalue weighted by atomic mass is 127. The summed E-state index contributed by atoms with van der Waals surface area (Å²) in [7, 11) is 0. The van der Waals surface area contributed by atoms with Gasteiger partial charge in [0.05, 0.1) is 11.4 Å². The third-order valence-corrected chi connectivity index (χ3v) is 3.67. The molecule has 1 amide bonds. The first-order valence-corrected chi connectivity index (χ1v) is 7.89. The van der Waals surface area contributed by atoms with Crippen LogP contribution < -0.4 is 4.90 Å². The van der Waals surface area contributed by atoms with Crippen molar-refractivity contribution < 1.29 is 13.9 Å². The highest BCUT2D eigenvalue weighted by Crippen LogP contribution is 2.31. The lowest BCUT2D eigenvalue weighted by atomic mass is 10.2. The van der Waals surface area contributed by atoms with Crippen molar-refractivity contribution in [3.63, 3.8) is 0 Å². The maximum atomic E-state index is 13.2. The molecular formula is C17H17FINO2. The van der Waals surface area contributed by atoms with E-state index in [0.29, 0.717) is 11.4 Å². The number of anilines is 2. The number of nitrogens with zero attached hydrogens (tertiary/aromatic N) is 1. The van der Waals surface area contributed by atoms with E-state index in [1.165, 1.54) is 17.0 Å². The number of halogens is 2. The van der Waals surface area contributed by atoms with Gasteiger partial charge in [0.15, 0.2) is 0 Å². The fourth-order valence-electron chi connectivity index (χ4n) is 1.87. The number of para-hydroxylation sites is 1. The molecule has 0 saturated carbocycles. The van der Waals surface area contributed by atoms with E-state index in [9.17, 15) is 9.18 Å². The Labute approximate surface area is 143 Å². The molecule has 2 aromatic carbocycles. The highest BCUT2D eigenvalue weighted by Gasteiger charge is 2.26. The number of carbonyl (C=O) groups excluding carboxylic acids is 1. The van der Waals surface area contributed by atoms with Crippen LogP contribution in [0.2, 0.25) is 0 Å². The van der Waals surface area contributed by atoms with Crippen molar-refractivity contribution in [3.8, 4) is 0 Å². The fourth-order valence-corrected chi connectivity index (χ4v) is 2.50. The molecular weight excluding hydrogens is 396 g/mol. The summed E-state index contributed by atoms with van der Waals surface area (Å²) in [5.74, 6) is -0.351. The molecule has 0 fully saturated rings. The van der Waals surface area contributed by atoms with Crippen LogP contribution in [-0.2, 0) is 4.74 Å². The molecule has 0 N–H and O–H groups in total. The smallest absolute Gasteiger partial charge is 0.419 e. The van der Waals surface area contributed by atoms with Crippen molar-refractivity contribution in [2.24, 2.45) is 0 Å². The van der Waals surface area contributed by atoms with Crippen LogP contribution in [0.5, 0.6) is 0 Å². The largest absolute Gasteiger partial charge is 0.443 e. The van der Waals surface area contributed by atoms with Gasteiger partial charge in [0.2, 0.25) is 0 Å². The zero-order valence-corrected chi connectivity index (χ0v) is 14.8. The van der Waals surface area contributed by atoms with Gasteiger partial charge in [-0.2, -0.15) is 0 Å². The molecule has 0 bridgehead atoms. The molecule has 0 atom stereocenters. The van der Waals surface area contributed by atoms with E-state index >= 15 is 0 Å². The highest BCUT2D eigenvalue weighted by molar-refractivity contribution is 14.1. The second-order valence-corrected chi connectivity index (χ2v) is 6.91. The normalized spacial score (nSPS) is 11.1. The Balaban J connectivity index is 2.47. The number of amides is 1. The summed E-state index contributed by atoms with van der Waals surface area (Å²) < 4.78 is 19.6. The standard InChI is InChI=1S/C17H17FINO2/c1-17(2,3)22-16(21)20(13-10-8-12(18)9-11-13)15-7-5-4-6-14(15)19/h4-11H,1-3H3. The number of hydrogen-bond acceptors (Lipinski definition) is 2. The Hall–Kier alpha value is -1.63. The zero-order valence-electron chi connectivity index (χ0n) is 12.6. The van der Waals surface area contributed by atoms with Crippen LogP contribution >= 0.6 is 22.6 Å². The molecule has 0 aliphatic carbocycles. The minimum Gasteiger partial charge on any atom is -0.443 e. The van der Waals surface area contributed by atoms with Gasteiger partial charge in [-0.05, 0) is 79.8 Å². The van der Waals surface area contributed by atoms with Gasteiger partial charge in [0.25, 0.3) is 0 Å². The molecule has 0 heterocycles. The first-order valence-electron chi connectivity index (χ1n) is 6.81. The van der Waals surface area contributed by atoms with Gasteiger partial charge in [-0.3, -0.25) is 0 Å². The molecule has 116 valence electrons. The van der Waals surface area contributed by atoms with Crippen molar-refractivity contribution in [3.05, 3.63) is 57.9 Å². The number of benzene rings is 2. The van der Waals surface area contributed by atoms with Crippen LogP contribution in [0.4, 0.5) is 20.6 Å². The summed E-state index contributed by atoms with van der Waals surface area (Å²) in [6, 6.07) is 13.2. The molecule has 0 aliphatic rings. The van der Waals surface area contributed by atoms with E-state index in [2.05, 4.69) is 22.6 Å². The zero-order chi connectivity index (χ0) is 16.3. The molecule has 22 heavy (non-hydrogen) atoms. The monoisotopic (exact) mass is 413 g/mol. The van der Waals surface area contributed by atoms with Gasteiger partial charge in [-0.1, -0.05) is 12.1 Å². The first-order chi connectivity index (χ1) is 10.3. The molecule has 2 aromatic rings. The summed E-state index contributed by atoms with van der Waals surface area (Å²) in [6.45, 7) is 5.43. The van der Waals surface area contributed by atoms with Gasteiger partial charge in [0, 0.05) is 3.57 Å². The van der Waals surface area contributed by atoms with Gasteiger partial charge < -0.3 is 4.74 Å². The van der Waals surface area contributed by atoms with E-state index in [1.807, 2.05) is 45.0 Å². The summed E-state index contributed by atoms with van der Waals surface area (Å²) in [4.78, 5) is 14.1. The minimum absolute atomic E-state index is 0.351. The van der Waals surface area contributed by atoms with E-state index in [1.54, 1.807) is 12.1 Å². The van der Waals surface area contributed by atoms with Crippen molar-refractivity contribution in [1.29, 1.82) is 0 Å². The molecule has 0 unspecified atom stereocenters. The lowest BCUT2D eigenvalue weighted by Gasteiger charge is -2.28. The summed E-state index contributed by atoms with van der Waals surface area (Å²) in [6.07, 6.45) is -0.497. The Morgan fingerprint density at radius 1 is 1.09 bits per heavy atom. The number of rotatable bonds is 2. The Bertz CT molecular complexity index is 665. The predicted octanol–water partition coefficient (Wildman–Crippen LogP) is 5.50. The van der Waals surface area contributed by atoms with Crippen LogP contribution in [0.15, 0.2) is 48.5 Å². The van der Waals surface area contributed by atoms with Crippen molar-refractivity contribution >= 4 is 40.1 Å². The first kappa shape index (κ1) is 16.7. The van der Waals surface area contributed by atoms with E-state index in [0.717, 1.165) is 3.57 Å². The SMILES string of the molecule is CC(C)(C)OC(=O)N(c1ccc(F)cc1)c1ccccc1I. The summed E-state index contributed by atoms with van der Waals surface area (Å²) in [5, 5.41) is 0. The lowest BCUT2D eigenvalue weighted by molar-refractivity contribution is 0.0599. The summed E-state index contributed by atoms with van der Waals surface area (Å²) in [5.41, 5.74) is 0.638. The number of ether oxygens (including phenoxy) is 1. The minimum atomic E-state index is -0.615. The molecule has 0 aromatic heterocycles. The van der Waals surface area contributed by atoms with E-state index in [4.69, 9.17) is 4.74 Å². The molecule has 3 nitrogen and oxygen atoms in total. The van der Waals surface area contributed by atoms with Crippen LogP contribution in [0.25, 0.3) is 0 Å². The number of hydrogen-bond donors (Lipinski definition) is 0. The van der Waals surface area contributed by atoms with Crippen LogP contribution in [0.1, 0.15) is 20.8 Å². The molecule has 2 rings (SSSR count). The second kappa shape index (κ2) is 6.64. The van der Waals surface area contributed by atoms with Crippen LogP contribution in [0, 0.1) is 9.39 Å². The molecule has 5 heteroatoms. The quantitative estimate of drug-likeness (QED) is 0.609. The Morgan fingerprint density at radius 2 is 1.68 bits per heavy atom. The van der Waals surface area contributed by atoms with E-state index in [-0.39, 0.29) is 5.82 Å². The maximum absolute atomic E-state index is 13.2. The molecule has 0 radical (unpaired) electrons. The third kappa shape index (κ3) is 4.19. The van der Waals surface area contributed by atoms with Crippen molar-refractivity contribution in [2.75, 3.05) is 4.90 Å². The van der Waals surface area contributed by atoms with Gasteiger partial charge >= 0.3 is 6.09 Å². The van der Waals surface area contributed by atoms with Crippen molar-refractivity contribution in [1.82, 2.24) is 0 Å². The lowest BCUT2D eigenvalue weighted by Crippen LogP contribution is -2.34. The predicted molar refractivity (Wildman–Crippen MR) is 93.9 cm³/mol. The molecule has 0 aliphatic heterocycles. The Kier molecular flexibility index (Phi) is 5.05.